The van der Waals surface area contributed by atoms with Crippen molar-refractivity contribution >= 4 is 17.7 Å². The molecule has 1 amide bonds. The Morgan fingerprint density at radius 2 is 2.00 bits per heavy atom. The molecule has 2 aromatic rings. The summed E-state index contributed by atoms with van der Waals surface area (Å²) in [7, 11) is 0. The van der Waals surface area contributed by atoms with Crippen LogP contribution in [0.15, 0.2) is 29.4 Å². The molecule has 1 heterocycles. The third kappa shape index (κ3) is 4.43. The van der Waals surface area contributed by atoms with Gasteiger partial charge in [0, 0.05) is 17.2 Å². The van der Waals surface area contributed by atoms with Crippen LogP contribution in [0.5, 0.6) is 0 Å². The Hall–Kier alpha value is -2.09. The minimum atomic E-state index is -4.56. The molecule has 27 heavy (non-hydrogen) atoms. The summed E-state index contributed by atoms with van der Waals surface area (Å²) >= 11 is 0.925. The molecule has 3 rings (SSSR count). The molecule has 0 saturated heterocycles. The van der Waals surface area contributed by atoms with Crippen LogP contribution >= 0.6 is 11.8 Å². The standard InChI is InChI=1S/C19H20F3N3OS/c1-3-11(2)23-15(26)10-27-18-24-16-13-7-5-4-6-12(13)8-9-14(16)17(25-18)19(20,21)22/h4-7,11H,3,8-10H2,1-2H3,(H,23,26). The molecule has 1 aromatic carbocycles. The average molecular weight is 395 g/mol. The summed E-state index contributed by atoms with van der Waals surface area (Å²) in [6.45, 7) is 3.81. The minimum Gasteiger partial charge on any atom is -0.353 e. The first-order valence-electron chi connectivity index (χ1n) is 8.78. The van der Waals surface area contributed by atoms with E-state index in [4.69, 9.17) is 0 Å². The summed E-state index contributed by atoms with van der Waals surface area (Å²) in [6, 6.07) is 7.35. The summed E-state index contributed by atoms with van der Waals surface area (Å²) < 4.78 is 40.7. The number of carbonyl (C=O) groups excluding carboxylic acids is 1. The van der Waals surface area contributed by atoms with Crippen molar-refractivity contribution in [1.82, 2.24) is 15.3 Å². The van der Waals surface area contributed by atoms with E-state index in [1.54, 1.807) is 12.1 Å². The number of benzene rings is 1. The highest BCUT2D eigenvalue weighted by molar-refractivity contribution is 7.99. The number of halogens is 3. The lowest BCUT2D eigenvalue weighted by Crippen LogP contribution is -2.33. The maximum absolute atomic E-state index is 13.6. The quantitative estimate of drug-likeness (QED) is 0.607. The van der Waals surface area contributed by atoms with Crippen LogP contribution < -0.4 is 5.32 Å². The number of hydrogen-bond donors (Lipinski definition) is 1. The summed E-state index contributed by atoms with van der Waals surface area (Å²) in [5, 5.41) is 2.75. The predicted octanol–water partition coefficient (Wildman–Crippen LogP) is 4.27. The molecule has 8 heteroatoms. The largest absolute Gasteiger partial charge is 0.433 e. The van der Waals surface area contributed by atoms with E-state index in [0.717, 1.165) is 23.7 Å². The van der Waals surface area contributed by atoms with Crippen LogP contribution in [0, 0.1) is 0 Å². The average Bonchev–Trinajstić information content (AvgIpc) is 2.64. The summed E-state index contributed by atoms with van der Waals surface area (Å²) in [4.78, 5) is 20.1. The Kier molecular flexibility index (Phi) is 5.74. The Labute approximate surface area is 160 Å². The minimum absolute atomic E-state index is 0.0140. The van der Waals surface area contributed by atoms with E-state index in [0.29, 0.717) is 17.7 Å². The van der Waals surface area contributed by atoms with Crippen molar-refractivity contribution in [3.63, 3.8) is 0 Å². The van der Waals surface area contributed by atoms with Crippen molar-refractivity contribution in [3.05, 3.63) is 41.1 Å². The van der Waals surface area contributed by atoms with Gasteiger partial charge in [-0.3, -0.25) is 4.79 Å². The van der Waals surface area contributed by atoms with Gasteiger partial charge < -0.3 is 5.32 Å². The molecule has 1 aliphatic carbocycles. The number of aryl methyl sites for hydroxylation is 1. The topological polar surface area (TPSA) is 54.9 Å². The summed E-state index contributed by atoms with van der Waals surface area (Å²) in [6.07, 6.45) is -3.01. The highest BCUT2D eigenvalue weighted by Gasteiger charge is 2.38. The molecular formula is C19H20F3N3OS. The van der Waals surface area contributed by atoms with E-state index in [-0.39, 0.29) is 34.8 Å². The van der Waals surface area contributed by atoms with Crippen LogP contribution in [-0.4, -0.2) is 27.7 Å². The van der Waals surface area contributed by atoms with Gasteiger partial charge in [0.05, 0.1) is 11.4 Å². The summed E-state index contributed by atoms with van der Waals surface area (Å²) in [5.41, 5.74) is 1.24. The van der Waals surface area contributed by atoms with E-state index in [2.05, 4.69) is 15.3 Å². The lowest BCUT2D eigenvalue weighted by molar-refractivity contribution is -0.142. The van der Waals surface area contributed by atoms with Crippen molar-refractivity contribution in [2.45, 2.75) is 50.5 Å². The molecule has 4 nitrogen and oxygen atoms in total. The maximum atomic E-state index is 13.6. The predicted molar refractivity (Wildman–Crippen MR) is 98.5 cm³/mol. The van der Waals surface area contributed by atoms with Crippen LogP contribution in [0.3, 0.4) is 0 Å². The number of thioether (sulfide) groups is 1. The van der Waals surface area contributed by atoms with E-state index in [9.17, 15) is 18.0 Å². The molecule has 1 atom stereocenters. The summed E-state index contributed by atoms with van der Waals surface area (Å²) in [5.74, 6) is -0.271. The van der Waals surface area contributed by atoms with Gasteiger partial charge >= 0.3 is 6.18 Å². The monoisotopic (exact) mass is 395 g/mol. The van der Waals surface area contributed by atoms with Crippen LogP contribution in [0.2, 0.25) is 0 Å². The number of hydrogen-bond acceptors (Lipinski definition) is 4. The van der Waals surface area contributed by atoms with Crippen LogP contribution in [-0.2, 0) is 23.8 Å². The van der Waals surface area contributed by atoms with E-state index in [1.165, 1.54) is 0 Å². The van der Waals surface area contributed by atoms with Gasteiger partial charge in [-0.25, -0.2) is 9.97 Å². The van der Waals surface area contributed by atoms with Crippen molar-refractivity contribution < 1.29 is 18.0 Å². The van der Waals surface area contributed by atoms with Crippen molar-refractivity contribution in [3.8, 4) is 11.3 Å². The number of amides is 1. The number of alkyl halides is 3. The zero-order valence-electron chi connectivity index (χ0n) is 15.1. The number of nitrogens with zero attached hydrogens (tertiary/aromatic N) is 2. The molecule has 0 spiro atoms. The Morgan fingerprint density at radius 3 is 2.70 bits per heavy atom. The third-order valence-corrected chi connectivity index (χ3v) is 5.37. The van der Waals surface area contributed by atoms with Gasteiger partial charge in [0.15, 0.2) is 10.9 Å². The fourth-order valence-electron chi connectivity index (χ4n) is 3.00. The van der Waals surface area contributed by atoms with Crippen LogP contribution in [0.1, 0.15) is 37.1 Å². The van der Waals surface area contributed by atoms with Crippen molar-refractivity contribution in [1.29, 1.82) is 0 Å². The molecule has 1 aliphatic rings. The first kappa shape index (κ1) is 19.7. The smallest absolute Gasteiger partial charge is 0.353 e. The van der Waals surface area contributed by atoms with Crippen molar-refractivity contribution in [2.24, 2.45) is 0 Å². The highest BCUT2D eigenvalue weighted by atomic mass is 32.2. The third-order valence-electron chi connectivity index (χ3n) is 4.52. The molecule has 1 N–H and O–H groups in total. The van der Waals surface area contributed by atoms with Gasteiger partial charge in [-0.05, 0) is 31.7 Å². The molecule has 0 fully saturated rings. The number of carbonyl (C=O) groups is 1. The zero-order valence-corrected chi connectivity index (χ0v) is 15.9. The van der Waals surface area contributed by atoms with Crippen LogP contribution in [0.4, 0.5) is 13.2 Å². The van der Waals surface area contributed by atoms with Crippen molar-refractivity contribution in [2.75, 3.05) is 5.75 Å². The van der Waals surface area contributed by atoms with E-state index >= 15 is 0 Å². The molecule has 0 radical (unpaired) electrons. The number of aromatic nitrogens is 2. The maximum Gasteiger partial charge on any atom is 0.433 e. The van der Waals surface area contributed by atoms with Gasteiger partial charge in [-0.2, -0.15) is 13.2 Å². The lowest BCUT2D eigenvalue weighted by Gasteiger charge is -2.22. The van der Waals surface area contributed by atoms with E-state index in [1.807, 2.05) is 26.0 Å². The second kappa shape index (κ2) is 7.88. The highest BCUT2D eigenvalue weighted by Crippen LogP contribution is 2.40. The second-order valence-corrected chi connectivity index (χ2v) is 7.44. The van der Waals surface area contributed by atoms with E-state index < -0.39 is 11.9 Å². The van der Waals surface area contributed by atoms with Gasteiger partial charge in [0.2, 0.25) is 5.91 Å². The number of fused-ring (bicyclic) bond motifs is 3. The Balaban J connectivity index is 1.94. The Bertz CT molecular complexity index is 855. The molecule has 1 unspecified atom stereocenters. The zero-order chi connectivity index (χ0) is 19.6. The van der Waals surface area contributed by atoms with Gasteiger partial charge in [-0.1, -0.05) is 43.0 Å². The molecule has 0 bridgehead atoms. The molecule has 0 saturated carbocycles. The second-order valence-electron chi connectivity index (χ2n) is 6.50. The van der Waals surface area contributed by atoms with Gasteiger partial charge in [-0.15, -0.1) is 0 Å². The molecular weight excluding hydrogens is 375 g/mol. The fourth-order valence-corrected chi connectivity index (χ4v) is 3.65. The SMILES string of the molecule is CCC(C)NC(=O)CSc1nc2c(c(C(F)(F)F)n1)CCc1ccccc1-2. The molecule has 144 valence electrons. The van der Waals surface area contributed by atoms with Gasteiger partial charge in [0.1, 0.15) is 0 Å². The Morgan fingerprint density at radius 1 is 1.26 bits per heavy atom. The van der Waals surface area contributed by atoms with Gasteiger partial charge in [0.25, 0.3) is 0 Å². The number of nitrogens with one attached hydrogen (secondary N) is 1. The molecule has 1 aromatic heterocycles. The number of rotatable bonds is 5. The van der Waals surface area contributed by atoms with Crippen LogP contribution in [0.25, 0.3) is 11.3 Å². The normalized spacial score (nSPS) is 14.3. The first-order valence-corrected chi connectivity index (χ1v) is 9.76. The molecule has 0 aliphatic heterocycles. The lowest BCUT2D eigenvalue weighted by atomic mass is 9.88. The fraction of sp³-hybridized carbons (Fsp3) is 0.421. The first-order chi connectivity index (χ1) is 12.8.